The lowest BCUT2D eigenvalue weighted by Crippen LogP contribution is -2.35. The first-order valence-corrected chi connectivity index (χ1v) is 6.55. The van der Waals surface area contributed by atoms with Crippen molar-refractivity contribution in [2.45, 2.75) is 31.7 Å². The molecule has 1 unspecified atom stereocenters. The van der Waals surface area contributed by atoms with Gasteiger partial charge in [0.25, 0.3) is 0 Å². The van der Waals surface area contributed by atoms with Gasteiger partial charge in [0, 0.05) is 18.3 Å². The van der Waals surface area contributed by atoms with Crippen LogP contribution in [-0.2, 0) is 22.4 Å². The molecule has 0 spiro atoms. The maximum Gasteiger partial charge on any atom is 0.417 e. The number of carboxylic acid groups (broad SMARTS) is 1. The van der Waals surface area contributed by atoms with Gasteiger partial charge < -0.3 is 9.84 Å². The minimum Gasteiger partial charge on any atom is -0.481 e. The molecule has 1 aliphatic rings. The summed E-state index contributed by atoms with van der Waals surface area (Å²) in [4.78, 5) is 20.0. The van der Waals surface area contributed by atoms with Gasteiger partial charge in [0.1, 0.15) is 6.04 Å². The quantitative estimate of drug-likeness (QED) is 0.896. The third kappa shape index (κ3) is 3.66. The number of hydrogen-bond acceptors (Lipinski definition) is 5. The van der Waals surface area contributed by atoms with E-state index < -0.39 is 23.8 Å². The van der Waals surface area contributed by atoms with Crippen LogP contribution >= 0.6 is 0 Å². The van der Waals surface area contributed by atoms with Gasteiger partial charge in [-0.2, -0.15) is 18.2 Å². The molecule has 1 aliphatic heterocycles. The molecule has 0 bridgehead atoms. The summed E-state index contributed by atoms with van der Waals surface area (Å²) in [5.41, 5.74) is -0.809. The van der Waals surface area contributed by atoms with Crippen LogP contribution in [-0.4, -0.2) is 40.8 Å². The van der Waals surface area contributed by atoms with Crippen LogP contribution in [0.15, 0.2) is 12.3 Å². The molecule has 2 heterocycles. The van der Waals surface area contributed by atoms with Gasteiger partial charge >= 0.3 is 12.1 Å². The molecule has 1 fully saturated rings. The van der Waals surface area contributed by atoms with Crippen molar-refractivity contribution in [1.29, 1.82) is 0 Å². The fourth-order valence-electron chi connectivity index (χ4n) is 2.23. The highest BCUT2D eigenvalue weighted by Crippen LogP contribution is 2.31. The fraction of sp³-hybridized carbons (Fsp3) is 0.538. The molecule has 9 heteroatoms. The van der Waals surface area contributed by atoms with Gasteiger partial charge in [-0.15, -0.1) is 0 Å². The van der Waals surface area contributed by atoms with E-state index in [0.717, 1.165) is 6.07 Å². The SMILES string of the molecule is COc1ncc(C(F)(F)F)cc1CON1CCCC1C(=O)O. The second-order valence-electron chi connectivity index (χ2n) is 4.80. The first kappa shape index (κ1) is 16.5. The Hall–Kier alpha value is -1.87. The van der Waals surface area contributed by atoms with E-state index in [9.17, 15) is 18.0 Å². The smallest absolute Gasteiger partial charge is 0.417 e. The number of carboxylic acids is 1. The van der Waals surface area contributed by atoms with Gasteiger partial charge in [-0.25, -0.2) is 4.98 Å². The number of nitrogens with zero attached hydrogens (tertiary/aromatic N) is 2. The zero-order chi connectivity index (χ0) is 16.3. The maximum atomic E-state index is 12.7. The van der Waals surface area contributed by atoms with Gasteiger partial charge in [-0.1, -0.05) is 0 Å². The number of ether oxygens (including phenoxy) is 1. The number of aliphatic carboxylic acids is 1. The van der Waals surface area contributed by atoms with Crippen LogP contribution in [0.5, 0.6) is 5.88 Å². The number of rotatable bonds is 5. The minimum absolute atomic E-state index is 0.0130. The minimum atomic E-state index is -4.52. The van der Waals surface area contributed by atoms with Crippen molar-refractivity contribution in [2.24, 2.45) is 0 Å². The number of alkyl halides is 3. The zero-order valence-corrected chi connectivity index (χ0v) is 11.8. The molecule has 22 heavy (non-hydrogen) atoms. The molecule has 0 saturated carbocycles. The fourth-order valence-corrected chi connectivity index (χ4v) is 2.23. The Morgan fingerprint density at radius 1 is 1.55 bits per heavy atom. The van der Waals surface area contributed by atoms with Gasteiger partial charge in [-0.3, -0.25) is 9.63 Å². The molecule has 0 aliphatic carbocycles. The summed E-state index contributed by atoms with van der Waals surface area (Å²) >= 11 is 0. The molecule has 2 rings (SSSR count). The zero-order valence-electron chi connectivity index (χ0n) is 11.8. The van der Waals surface area contributed by atoms with E-state index in [-0.39, 0.29) is 18.1 Å². The van der Waals surface area contributed by atoms with Gasteiger partial charge in [0.15, 0.2) is 0 Å². The molecule has 0 amide bonds. The first-order valence-electron chi connectivity index (χ1n) is 6.55. The van der Waals surface area contributed by atoms with E-state index in [0.29, 0.717) is 25.6 Å². The summed E-state index contributed by atoms with van der Waals surface area (Å²) in [5.74, 6) is -1.01. The van der Waals surface area contributed by atoms with Gasteiger partial charge in [0.05, 0.1) is 19.3 Å². The maximum absolute atomic E-state index is 12.7. The number of carbonyl (C=O) groups is 1. The second kappa shape index (κ2) is 6.49. The number of aromatic nitrogens is 1. The van der Waals surface area contributed by atoms with Crippen LogP contribution in [0.2, 0.25) is 0 Å². The average Bonchev–Trinajstić information content (AvgIpc) is 2.92. The number of hydrogen-bond donors (Lipinski definition) is 1. The number of methoxy groups -OCH3 is 1. The largest absolute Gasteiger partial charge is 0.481 e. The predicted octanol–water partition coefficient (Wildman–Crippen LogP) is 2.09. The van der Waals surface area contributed by atoms with Crippen LogP contribution in [0.1, 0.15) is 24.0 Å². The van der Waals surface area contributed by atoms with E-state index in [1.54, 1.807) is 0 Å². The number of halogens is 3. The van der Waals surface area contributed by atoms with E-state index in [1.807, 2.05) is 0 Å². The Bertz CT molecular complexity index is 551. The highest BCUT2D eigenvalue weighted by Gasteiger charge is 2.33. The second-order valence-corrected chi connectivity index (χ2v) is 4.80. The van der Waals surface area contributed by atoms with Crippen molar-refractivity contribution in [2.75, 3.05) is 13.7 Å². The van der Waals surface area contributed by atoms with E-state index in [4.69, 9.17) is 14.7 Å². The molecule has 6 nitrogen and oxygen atoms in total. The summed E-state index contributed by atoms with van der Waals surface area (Å²) < 4.78 is 43.0. The molecule has 0 aromatic carbocycles. The van der Waals surface area contributed by atoms with Crippen LogP contribution < -0.4 is 4.74 Å². The highest BCUT2D eigenvalue weighted by atomic mass is 19.4. The predicted molar refractivity (Wildman–Crippen MR) is 67.9 cm³/mol. The van der Waals surface area contributed by atoms with Crippen LogP contribution in [0.3, 0.4) is 0 Å². The number of hydroxylamine groups is 2. The van der Waals surface area contributed by atoms with Gasteiger partial charge in [0.2, 0.25) is 5.88 Å². The lowest BCUT2D eigenvalue weighted by molar-refractivity contribution is -0.192. The molecule has 1 aromatic rings. The number of pyridine rings is 1. The Morgan fingerprint density at radius 3 is 2.86 bits per heavy atom. The Balaban J connectivity index is 2.13. The molecular weight excluding hydrogens is 305 g/mol. The summed E-state index contributed by atoms with van der Waals surface area (Å²) in [6.45, 7) is 0.162. The highest BCUT2D eigenvalue weighted by molar-refractivity contribution is 5.73. The topological polar surface area (TPSA) is 71.9 Å². The third-order valence-electron chi connectivity index (χ3n) is 3.32. The molecular formula is C13H15F3N2O4. The van der Waals surface area contributed by atoms with E-state index in [1.165, 1.54) is 12.2 Å². The summed E-state index contributed by atoms with van der Waals surface area (Å²) in [7, 11) is 1.29. The molecule has 1 aromatic heterocycles. The van der Waals surface area contributed by atoms with Crippen LogP contribution in [0, 0.1) is 0 Å². The standard InChI is InChI=1S/C13H15F3N2O4/c1-21-11-8(5-9(6-17-11)13(14,15)16)7-22-18-4-2-3-10(18)12(19)20/h5-6,10H,2-4,7H2,1H3,(H,19,20). The monoisotopic (exact) mass is 320 g/mol. The Kier molecular flexibility index (Phi) is 4.87. The normalized spacial score (nSPS) is 19.4. The Morgan fingerprint density at radius 2 is 2.27 bits per heavy atom. The van der Waals surface area contributed by atoms with Crippen molar-refractivity contribution in [1.82, 2.24) is 10.0 Å². The summed E-state index contributed by atoms with van der Waals surface area (Å²) in [5, 5.41) is 10.3. The summed E-state index contributed by atoms with van der Waals surface area (Å²) in [6, 6.07) is 0.0993. The Labute approximate surface area is 124 Å². The average molecular weight is 320 g/mol. The molecule has 122 valence electrons. The molecule has 1 atom stereocenters. The van der Waals surface area contributed by atoms with E-state index in [2.05, 4.69) is 4.98 Å². The lowest BCUT2D eigenvalue weighted by atomic mass is 10.2. The molecule has 1 saturated heterocycles. The van der Waals surface area contributed by atoms with Crippen molar-refractivity contribution in [3.05, 3.63) is 23.4 Å². The molecule has 0 radical (unpaired) electrons. The van der Waals surface area contributed by atoms with Crippen molar-refractivity contribution in [3.8, 4) is 5.88 Å². The van der Waals surface area contributed by atoms with E-state index >= 15 is 0 Å². The van der Waals surface area contributed by atoms with Crippen molar-refractivity contribution in [3.63, 3.8) is 0 Å². The molecule has 1 N–H and O–H groups in total. The summed E-state index contributed by atoms with van der Waals surface area (Å²) in [6.07, 6.45) is -2.76. The van der Waals surface area contributed by atoms with Crippen LogP contribution in [0.25, 0.3) is 0 Å². The third-order valence-corrected chi connectivity index (χ3v) is 3.32. The lowest BCUT2D eigenvalue weighted by Gasteiger charge is -2.21. The van der Waals surface area contributed by atoms with Gasteiger partial charge in [-0.05, 0) is 18.9 Å². The van der Waals surface area contributed by atoms with Crippen LogP contribution in [0.4, 0.5) is 13.2 Å². The van der Waals surface area contributed by atoms with Crippen molar-refractivity contribution < 1.29 is 32.6 Å². The first-order chi connectivity index (χ1) is 10.3. The van der Waals surface area contributed by atoms with Crippen molar-refractivity contribution >= 4 is 5.97 Å².